The number of nitrogens with one attached hydrogen (secondary N) is 1. The number of hydrogen-bond donors (Lipinski definition) is 2. The zero-order valence-electron chi connectivity index (χ0n) is 12.3. The minimum Gasteiger partial charge on any atom is -0.496 e. The number of ether oxygens (including phenoxy) is 3. The number of benzene rings is 1. The normalized spacial score (nSPS) is 12.3. The van der Waals surface area contributed by atoms with E-state index in [1.165, 1.54) is 0 Å². The maximum absolute atomic E-state index is 9.75. The lowest BCUT2D eigenvalue weighted by Gasteiger charge is -2.13. The van der Waals surface area contributed by atoms with Gasteiger partial charge in [-0.05, 0) is 13.0 Å². The lowest BCUT2D eigenvalue weighted by molar-refractivity contribution is 0.00641. The van der Waals surface area contributed by atoms with Crippen LogP contribution in [0, 0.1) is 0 Å². The van der Waals surface area contributed by atoms with E-state index in [2.05, 4.69) is 5.32 Å². The van der Waals surface area contributed by atoms with Gasteiger partial charge in [-0.3, -0.25) is 0 Å². The molecule has 0 saturated carbocycles. The van der Waals surface area contributed by atoms with Crippen molar-refractivity contribution in [2.24, 2.45) is 0 Å². The largest absolute Gasteiger partial charge is 0.496 e. The number of hydrogen-bond acceptors (Lipinski definition) is 5. The summed E-state index contributed by atoms with van der Waals surface area (Å²) in [6.07, 6.45) is -0.522. The van der Waals surface area contributed by atoms with E-state index in [1.54, 1.807) is 7.11 Å². The van der Waals surface area contributed by atoms with Crippen molar-refractivity contribution >= 4 is 0 Å². The first-order chi connectivity index (χ1) is 9.77. The minimum atomic E-state index is -0.522. The molecule has 2 N–H and O–H groups in total. The van der Waals surface area contributed by atoms with E-state index < -0.39 is 6.10 Å². The van der Waals surface area contributed by atoms with Crippen LogP contribution in [-0.2, 0) is 16.0 Å². The molecule has 0 aromatic heterocycles. The summed E-state index contributed by atoms with van der Waals surface area (Å²) in [4.78, 5) is 0. The molecule has 1 aromatic carbocycles. The molecule has 1 atom stereocenters. The van der Waals surface area contributed by atoms with Crippen molar-refractivity contribution in [2.45, 2.75) is 19.6 Å². The average Bonchev–Trinajstić information content (AvgIpc) is 2.47. The Morgan fingerprint density at radius 2 is 1.95 bits per heavy atom. The molecule has 0 fully saturated rings. The Hall–Kier alpha value is -1.14. The molecular formula is C15H25NO4. The molecule has 114 valence electrons. The topological polar surface area (TPSA) is 60.0 Å². The highest BCUT2D eigenvalue weighted by molar-refractivity contribution is 5.32. The first-order valence-corrected chi connectivity index (χ1v) is 6.94. The Bertz CT molecular complexity index is 359. The van der Waals surface area contributed by atoms with Gasteiger partial charge in [0.05, 0.1) is 33.0 Å². The molecule has 5 heteroatoms. The maximum Gasteiger partial charge on any atom is 0.123 e. The van der Waals surface area contributed by atoms with Gasteiger partial charge in [0, 0.05) is 25.3 Å². The molecule has 0 heterocycles. The second kappa shape index (κ2) is 10.6. The van der Waals surface area contributed by atoms with Crippen molar-refractivity contribution in [2.75, 3.05) is 40.1 Å². The monoisotopic (exact) mass is 283 g/mol. The second-order valence-corrected chi connectivity index (χ2v) is 4.37. The van der Waals surface area contributed by atoms with Crippen molar-refractivity contribution in [3.8, 4) is 5.75 Å². The van der Waals surface area contributed by atoms with Crippen molar-refractivity contribution in [3.63, 3.8) is 0 Å². The molecule has 5 nitrogen and oxygen atoms in total. The second-order valence-electron chi connectivity index (χ2n) is 4.37. The maximum atomic E-state index is 9.75. The summed E-state index contributed by atoms with van der Waals surface area (Å²) in [6, 6.07) is 7.82. The highest BCUT2D eigenvalue weighted by Crippen LogP contribution is 2.16. The van der Waals surface area contributed by atoms with Gasteiger partial charge in [0.1, 0.15) is 5.75 Å². The van der Waals surface area contributed by atoms with Crippen LogP contribution in [0.15, 0.2) is 24.3 Å². The highest BCUT2D eigenvalue weighted by Gasteiger charge is 2.05. The summed E-state index contributed by atoms with van der Waals surface area (Å²) in [7, 11) is 1.65. The smallest absolute Gasteiger partial charge is 0.123 e. The minimum absolute atomic E-state index is 0.312. The number of aliphatic hydroxyl groups excluding tert-OH is 1. The van der Waals surface area contributed by atoms with Crippen LogP contribution >= 0.6 is 0 Å². The van der Waals surface area contributed by atoms with Crippen molar-refractivity contribution < 1.29 is 19.3 Å². The first-order valence-electron chi connectivity index (χ1n) is 6.94. The predicted molar refractivity (Wildman–Crippen MR) is 78.0 cm³/mol. The molecule has 0 radical (unpaired) electrons. The molecule has 0 bridgehead atoms. The zero-order valence-corrected chi connectivity index (χ0v) is 12.3. The molecule has 0 aliphatic heterocycles. The number of aliphatic hydroxyl groups is 1. The summed E-state index contributed by atoms with van der Waals surface area (Å²) in [5.74, 6) is 0.849. The standard InChI is InChI=1S/C15H25NO4/c1-3-19-8-9-20-12-14(17)11-16-10-13-6-4-5-7-15(13)18-2/h4-7,14,16-17H,3,8-12H2,1-2H3. The molecule has 0 amide bonds. The first kappa shape index (κ1) is 16.9. The van der Waals surface area contributed by atoms with Gasteiger partial charge in [-0.1, -0.05) is 18.2 Å². The van der Waals surface area contributed by atoms with Crippen molar-refractivity contribution in [3.05, 3.63) is 29.8 Å². The summed E-state index contributed by atoms with van der Waals surface area (Å²) >= 11 is 0. The Kier molecular flexibility index (Phi) is 8.98. The van der Waals surface area contributed by atoms with Crippen LogP contribution in [0.2, 0.25) is 0 Å². The Labute approximate surface area is 120 Å². The van der Waals surface area contributed by atoms with Gasteiger partial charge in [-0.2, -0.15) is 0 Å². The molecule has 1 rings (SSSR count). The Balaban J connectivity index is 2.13. The summed E-state index contributed by atoms with van der Waals surface area (Å²) in [6.45, 7) is 5.15. The highest BCUT2D eigenvalue weighted by atomic mass is 16.5. The van der Waals surface area contributed by atoms with Crippen molar-refractivity contribution in [1.82, 2.24) is 5.32 Å². The third-order valence-corrected chi connectivity index (χ3v) is 2.77. The number of para-hydroxylation sites is 1. The van der Waals surface area contributed by atoms with Gasteiger partial charge in [0.15, 0.2) is 0 Å². The molecule has 0 aliphatic rings. The number of methoxy groups -OCH3 is 1. The SMILES string of the molecule is CCOCCOCC(O)CNCc1ccccc1OC. The van der Waals surface area contributed by atoms with Crippen LogP contribution in [0.3, 0.4) is 0 Å². The van der Waals surface area contributed by atoms with Gasteiger partial charge in [-0.25, -0.2) is 0 Å². The molecular weight excluding hydrogens is 258 g/mol. The van der Waals surface area contributed by atoms with Gasteiger partial charge >= 0.3 is 0 Å². The van der Waals surface area contributed by atoms with Crippen LogP contribution < -0.4 is 10.1 Å². The predicted octanol–water partition coefficient (Wildman–Crippen LogP) is 1.20. The third-order valence-electron chi connectivity index (χ3n) is 2.77. The fraction of sp³-hybridized carbons (Fsp3) is 0.600. The van der Waals surface area contributed by atoms with Crippen LogP contribution in [0.1, 0.15) is 12.5 Å². The lowest BCUT2D eigenvalue weighted by atomic mass is 10.2. The Morgan fingerprint density at radius 1 is 1.20 bits per heavy atom. The molecule has 0 saturated heterocycles. The van der Waals surface area contributed by atoms with E-state index in [9.17, 15) is 5.11 Å². The quantitative estimate of drug-likeness (QED) is 0.598. The molecule has 20 heavy (non-hydrogen) atoms. The van der Waals surface area contributed by atoms with E-state index in [-0.39, 0.29) is 0 Å². The fourth-order valence-electron chi connectivity index (χ4n) is 1.76. The van der Waals surface area contributed by atoms with Gasteiger partial charge in [-0.15, -0.1) is 0 Å². The molecule has 0 spiro atoms. The van der Waals surface area contributed by atoms with Crippen LogP contribution in [0.5, 0.6) is 5.75 Å². The van der Waals surface area contributed by atoms with E-state index in [0.717, 1.165) is 11.3 Å². The van der Waals surface area contributed by atoms with E-state index >= 15 is 0 Å². The molecule has 0 aliphatic carbocycles. The third kappa shape index (κ3) is 6.86. The van der Waals surface area contributed by atoms with E-state index in [0.29, 0.717) is 39.5 Å². The average molecular weight is 283 g/mol. The molecule has 1 unspecified atom stereocenters. The summed E-state index contributed by atoms with van der Waals surface area (Å²) in [5, 5.41) is 12.9. The molecule has 1 aromatic rings. The summed E-state index contributed by atoms with van der Waals surface area (Å²) < 4.78 is 15.7. The van der Waals surface area contributed by atoms with Crippen LogP contribution in [-0.4, -0.2) is 51.3 Å². The van der Waals surface area contributed by atoms with Gasteiger partial charge in [0.25, 0.3) is 0 Å². The summed E-state index contributed by atoms with van der Waals surface area (Å²) in [5.41, 5.74) is 1.07. The lowest BCUT2D eigenvalue weighted by Crippen LogP contribution is -2.30. The number of rotatable bonds is 11. The van der Waals surface area contributed by atoms with Crippen molar-refractivity contribution in [1.29, 1.82) is 0 Å². The Morgan fingerprint density at radius 3 is 2.70 bits per heavy atom. The van der Waals surface area contributed by atoms with Crippen LogP contribution in [0.25, 0.3) is 0 Å². The zero-order chi connectivity index (χ0) is 14.6. The van der Waals surface area contributed by atoms with E-state index in [1.807, 2.05) is 31.2 Å². The van der Waals surface area contributed by atoms with Crippen LogP contribution in [0.4, 0.5) is 0 Å². The van der Waals surface area contributed by atoms with Gasteiger partial charge < -0.3 is 24.6 Å². The van der Waals surface area contributed by atoms with Gasteiger partial charge in [0.2, 0.25) is 0 Å². The fourth-order valence-corrected chi connectivity index (χ4v) is 1.76. The van der Waals surface area contributed by atoms with E-state index in [4.69, 9.17) is 14.2 Å².